The van der Waals surface area contributed by atoms with Crippen LogP contribution in [0.3, 0.4) is 0 Å². The lowest BCUT2D eigenvalue weighted by molar-refractivity contribution is -0.115. The molecule has 0 aliphatic rings. The van der Waals surface area contributed by atoms with Crippen LogP contribution >= 0.6 is 11.8 Å². The van der Waals surface area contributed by atoms with E-state index in [1.807, 2.05) is 67.8 Å². The Morgan fingerprint density at radius 2 is 1.88 bits per heavy atom. The maximum Gasteiger partial charge on any atom is 0.237 e. The van der Waals surface area contributed by atoms with Crippen LogP contribution in [0.4, 0.5) is 5.69 Å². The summed E-state index contributed by atoms with van der Waals surface area (Å²) in [4.78, 5) is 12.5. The molecular formula is C20H22N4OS. The molecule has 6 heteroatoms. The molecule has 1 N–H and O–H groups in total. The van der Waals surface area contributed by atoms with E-state index in [1.165, 1.54) is 17.3 Å². The number of benzene rings is 2. The van der Waals surface area contributed by atoms with Crippen LogP contribution < -0.4 is 5.32 Å². The molecule has 1 aromatic heterocycles. The molecule has 1 heterocycles. The van der Waals surface area contributed by atoms with E-state index in [1.54, 1.807) is 0 Å². The number of anilines is 1. The number of aromatic nitrogens is 3. The molecule has 0 saturated carbocycles. The summed E-state index contributed by atoms with van der Waals surface area (Å²) in [6.45, 7) is 6.50. The molecule has 26 heavy (non-hydrogen) atoms. The van der Waals surface area contributed by atoms with Gasteiger partial charge in [-0.1, -0.05) is 54.2 Å². The van der Waals surface area contributed by atoms with Gasteiger partial charge in [-0.05, 0) is 44.0 Å². The largest absolute Gasteiger partial charge is 0.325 e. The van der Waals surface area contributed by atoms with E-state index < -0.39 is 0 Å². The van der Waals surface area contributed by atoms with Gasteiger partial charge in [0.1, 0.15) is 5.82 Å². The van der Waals surface area contributed by atoms with E-state index in [0.717, 1.165) is 22.2 Å². The number of aryl methyl sites for hydroxylation is 2. The zero-order chi connectivity index (χ0) is 18.5. The van der Waals surface area contributed by atoms with E-state index in [9.17, 15) is 4.79 Å². The van der Waals surface area contributed by atoms with E-state index in [2.05, 4.69) is 27.6 Å². The van der Waals surface area contributed by atoms with Crippen LogP contribution in [0.5, 0.6) is 0 Å². The highest BCUT2D eigenvalue weighted by molar-refractivity contribution is 8.00. The Bertz CT molecular complexity index is 892. The number of nitrogens with zero attached hydrogens (tertiary/aromatic N) is 3. The van der Waals surface area contributed by atoms with Crippen molar-refractivity contribution in [1.29, 1.82) is 0 Å². The van der Waals surface area contributed by atoms with Crippen molar-refractivity contribution < 1.29 is 4.79 Å². The number of rotatable bonds is 6. The van der Waals surface area contributed by atoms with E-state index in [-0.39, 0.29) is 11.2 Å². The van der Waals surface area contributed by atoms with Gasteiger partial charge in [0, 0.05) is 5.69 Å². The minimum absolute atomic E-state index is 0.0486. The molecular weight excluding hydrogens is 344 g/mol. The first kappa shape index (κ1) is 18.2. The highest BCUT2D eigenvalue weighted by Gasteiger charge is 2.19. The minimum atomic E-state index is -0.284. The molecule has 1 unspecified atom stereocenters. The molecule has 0 radical (unpaired) electrons. The van der Waals surface area contributed by atoms with Crippen LogP contribution in [0.1, 0.15) is 23.9 Å². The Morgan fingerprint density at radius 3 is 2.62 bits per heavy atom. The average Bonchev–Trinajstić information content (AvgIpc) is 2.96. The molecule has 0 bridgehead atoms. The molecule has 0 aliphatic heterocycles. The van der Waals surface area contributed by atoms with Gasteiger partial charge in [0.05, 0.1) is 11.8 Å². The van der Waals surface area contributed by atoms with Gasteiger partial charge >= 0.3 is 0 Å². The van der Waals surface area contributed by atoms with Gasteiger partial charge < -0.3 is 9.88 Å². The number of hydrogen-bond donors (Lipinski definition) is 1. The Kier molecular flexibility index (Phi) is 5.73. The Hall–Kier alpha value is -2.60. The first-order valence-corrected chi connectivity index (χ1v) is 9.39. The summed E-state index contributed by atoms with van der Waals surface area (Å²) in [5.41, 5.74) is 3.10. The van der Waals surface area contributed by atoms with Gasteiger partial charge in [0.2, 0.25) is 5.91 Å². The van der Waals surface area contributed by atoms with Gasteiger partial charge in [-0.2, -0.15) is 0 Å². The summed E-state index contributed by atoms with van der Waals surface area (Å²) in [6, 6.07) is 18.0. The zero-order valence-electron chi connectivity index (χ0n) is 15.1. The third-order valence-electron chi connectivity index (χ3n) is 4.02. The second-order valence-corrected chi connectivity index (χ2v) is 7.53. The maximum absolute atomic E-state index is 12.5. The number of nitrogens with one attached hydrogen (secondary N) is 1. The molecule has 1 amide bonds. The number of thioether (sulfide) groups is 1. The first-order valence-electron chi connectivity index (χ1n) is 8.51. The summed E-state index contributed by atoms with van der Waals surface area (Å²) >= 11 is 1.42. The standard InChI is InChI=1S/C20H22N4OS/c1-14-8-7-11-18(12-14)21-19(25)15(2)26-20-23-22-16(3)24(20)13-17-9-5-4-6-10-17/h4-12,15H,13H2,1-3H3,(H,21,25). The van der Waals surface area contributed by atoms with Gasteiger partial charge in [-0.15, -0.1) is 10.2 Å². The average molecular weight is 366 g/mol. The zero-order valence-corrected chi connectivity index (χ0v) is 16.0. The number of carbonyl (C=O) groups is 1. The van der Waals surface area contributed by atoms with Crippen molar-refractivity contribution in [1.82, 2.24) is 14.8 Å². The molecule has 0 fully saturated rings. The minimum Gasteiger partial charge on any atom is -0.325 e. The molecule has 3 rings (SSSR count). The monoisotopic (exact) mass is 366 g/mol. The normalized spacial score (nSPS) is 12.0. The first-order chi connectivity index (χ1) is 12.5. The Balaban J connectivity index is 1.69. The molecule has 0 spiro atoms. The predicted octanol–water partition coefficient (Wildman–Crippen LogP) is 4.06. The van der Waals surface area contributed by atoms with Crippen molar-refractivity contribution in [3.63, 3.8) is 0 Å². The van der Waals surface area contributed by atoms with Gasteiger partial charge in [0.25, 0.3) is 0 Å². The molecule has 0 saturated heterocycles. The van der Waals surface area contributed by atoms with Crippen LogP contribution in [0.25, 0.3) is 0 Å². The summed E-state index contributed by atoms with van der Waals surface area (Å²) < 4.78 is 2.04. The summed E-state index contributed by atoms with van der Waals surface area (Å²) in [5, 5.41) is 11.9. The molecule has 134 valence electrons. The number of carbonyl (C=O) groups excluding carboxylic acids is 1. The molecule has 2 aromatic carbocycles. The van der Waals surface area contributed by atoms with Crippen LogP contribution in [-0.4, -0.2) is 25.9 Å². The second-order valence-electron chi connectivity index (χ2n) is 6.22. The van der Waals surface area contributed by atoms with Crippen molar-refractivity contribution in [2.75, 3.05) is 5.32 Å². The quantitative estimate of drug-likeness (QED) is 0.668. The summed E-state index contributed by atoms with van der Waals surface area (Å²) in [6.07, 6.45) is 0. The highest BCUT2D eigenvalue weighted by Crippen LogP contribution is 2.24. The van der Waals surface area contributed by atoms with Crippen LogP contribution in [0.2, 0.25) is 0 Å². The maximum atomic E-state index is 12.5. The third kappa shape index (κ3) is 4.52. The Labute approximate surface area is 157 Å². The molecule has 3 aromatic rings. The van der Waals surface area contributed by atoms with Crippen molar-refractivity contribution in [3.8, 4) is 0 Å². The lowest BCUT2D eigenvalue weighted by atomic mass is 10.2. The molecule has 0 aliphatic carbocycles. The molecule has 5 nitrogen and oxygen atoms in total. The van der Waals surface area contributed by atoms with Crippen LogP contribution in [-0.2, 0) is 11.3 Å². The van der Waals surface area contributed by atoms with Crippen molar-refractivity contribution in [2.24, 2.45) is 0 Å². The number of amides is 1. The lowest BCUT2D eigenvalue weighted by Gasteiger charge is -2.13. The Morgan fingerprint density at radius 1 is 1.12 bits per heavy atom. The highest BCUT2D eigenvalue weighted by atomic mass is 32.2. The lowest BCUT2D eigenvalue weighted by Crippen LogP contribution is -2.23. The third-order valence-corrected chi connectivity index (χ3v) is 5.10. The fraction of sp³-hybridized carbons (Fsp3) is 0.250. The predicted molar refractivity (Wildman–Crippen MR) is 105 cm³/mol. The fourth-order valence-electron chi connectivity index (χ4n) is 2.58. The van der Waals surface area contributed by atoms with E-state index in [0.29, 0.717) is 6.54 Å². The van der Waals surface area contributed by atoms with Crippen molar-refractivity contribution in [3.05, 3.63) is 71.5 Å². The topological polar surface area (TPSA) is 59.8 Å². The van der Waals surface area contributed by atoms with Crippen molar-refractivity contribution in [2.45, 2.75) is 37.7 Å². The van der Waals surface area contributed by atoms with Gasteiger partial charge in [-0.3, -0.25) is 4.79 Å². The van der Waals surface area contributed by atoms with Crippen molar-refractivity contribution >= 4 is 23.4 Å². The van der Waals surface area contributed by atoms with Gasteiger partial charge in [0.15, 0.2) is 5.16 Å². The second kappa shape index (κ2) is 8.19. The van der Waals surface area contributed by atoms with E-state index >= 15 is 0 Å². The fourth-order valence-corrected chi connectivity index (χ4v) is 3.47. The summed E-state index contributed by atoms with van der Waals surface area (Å²) in [7, 11) is 0. The number of hydrogen-bond acceptors (Lipinski definition) is 4. The molecule has 1 atom stereocenters. The van der Waals surface area contributed by atoms with Crippen LogP contribution in [0, 0.1) is 13.8 Å². The smallest absolute Gasteiger partial charge is 0.237 e. The van der Waals surface area contributed by atoms with Gasteiger partial charge in [-0.25, -0.2) is 0 Å². The summed E-state index contributed by atoms with van der Waals surface area (Å²) in [5.74, 6) is 0.787. The van der Waals surface area contributed by atoms with Crippen LogP contribution in [0.15, 0.2) is 59.8 Å². The SMILES string of the molecule is Cc1cccc(NC(=O)C(C)Sc2nnc(C)n2Cc2ccccc2)c1. The van der Waals surface area contributed by atoms with E-state index in [4.69, 9.17) is 0 Å².